The first kappa shape index (κ1) is 15.3. The van der Waals surface area contributed by atoms with E-state index in [0.29, 0.717) is 5.56 Å². The Kier molecular flexibility index (Phi) is 5.40. The number of nitrogens with zero attached hydrogens (tertiary/aromatic N) is 1. The zero-order valence-electron chi connectivity index (χ0n) is 11.4. The van der Waals surface area contributed by atoms with Crippen LogP contribution in [0.15, 0.2) is 24.8 Å². The third-order valence-corrected chi connectivity index (χ3v) is 3.94. The number of allylic oxidation sites excluding steroid dienone is 1. The van der Waals surface area contributed by atoms with Gasteiger partial charge >= 0.3 is 0 Å². The summed E-state index contributed by atoms with van der Waals surface area (Å²) in [5.41, 5.74) is 0.568. The summed E-state index contributed by atoms with van der Waals surface area (Å²) in [5.74, 6) is -0.429. The second-order valence-corrected chi connectivity index (χ2v) is 5.40. The van der Waals surface area contributed by atoms with Crippen LogP contribution in [-0.4, -0.2) is 36.2 Å². The standard InChI is InChI=1S/C15H20ClFN2O/c1-2-3-4-14(19-7-5-18-6-8-19)12-9-11(17)10-13(16)15(12)20/h2,9-10,14,18,20H,1,3-8H2/t14-/m0/s1. The van der Waals surface area contributed by atoms with E-state index >= 15 is 0 Å². The maximum atomic E-state index is 13.6. The molecule has 110 valence electrons. The molecule has 1 aliphatic heterocycles. The van der Waals surface area contributed by atoms with Gasteiger partial charge in [0.1, 0.15) is 11.6 Å². The summed E-state index contributed by atoms with van der Waals surface area (Å²) < 4.78 is 13.6. The largest absolute Gasteiger partial charge is 0.506 e. The molecule has 0 amide bonds. The van der Waals surface area contributed by atoms with Gasteiger partial charge in [-0.05, 0) is 25.0 Å². The Labute approximate surface area is 124 Å². The molecule has 1 saturated heterocycles. The molecule has 0 bridgehead atoms. The predicted molar refractivity (Wildman–Crippen MR) is 79.7 cm³/mol. The maximum absolute atomic E-state index is 13.6. The second kappa shape index (κ2) is 7.07. The van der Waals surface area contributed by atoms with Gasteiger partial charge in [-0.15, -0.1) is 6.58 Å². The molecule has 1 aliphatic rings. The van der Waals surface area contributed by atoms with Crippen LogP contribution in [0.5, 0.6) is 5.75 Å². The molecule has 1 aromatic carbocycles. The number of benzene rings is 1. The number of piperazine rings is 1. The first-order chi connectivity index (χ1) is 9.63. The molecule has 1 aromatic rings. The monoisotopic (exact) mass is 298 g/mol. The summed E-state index contributed by atoms with van der Waals surface area (Å²) in [6, 6.07) is 2.49. The molecular formula is C15H20ClFN2O. The molecule has 3 nitrogen and oxygen atoms in total. The van der Waals surface area contributed by atoms with Gasteiger partial charge < -0.3 is 10.4 Å². The Morgan fingerprint density at radius 1 is 1.45 bits per heavy atom. The maximum Gasteiger partial charge on any atom is 0.139 e. The highest BCUT2D eigenvalue weighted by atomic mass is 35.5. The molecule has 0 aromatic heterocycles. The van der Waals surface area contributed by atoms with E-state index < -0.39 is 5.82 Å². The highest BCUT2D eigenvalue weighted by molar-refractivity contribution is 6.32. The summed E-state index contributed by atoms with van der Waals surface area (Å²) in [6.45, 7) is 7.27. The van der Waals surface area contributed by atoms with Crippen LogP contribution in [0.4, 0.5) is 4.39 Å². The van der Waals surface area contributed by atoms with Gasteiger partial charge in [0, 0.05) is 37.8 Å². The molecule has 2 N–H and O–H groups in total. The van der Waals surface area contributed by atoms with Crippen molar-refractivity contribution in [2.45, 2.75) is 18.9 Å². The topological polar surface area (TPSA) is 35.5 Å². The average molecular weight is 299 g/mol. The van der Waals surface area contributed by atoms with Crippen LogP contribution in [0.3, 0.4) is 0 Å². The fraction of sp³-hybridized carbons (Fsp3) is 0.467. The lowest BCUT2D eigenvalue weighted by Gasteiger charge is -2.35. The molecule has 1 fully saturated rings. The van der Waals surface area contributed by atoms with E-state index in [1.54, 1.807) is 0 Å². The van der Waals surface area contributed by atoms with E-state index in [2.05, 4.69) is 16.8 Å². The normalized spacial score (nSPS) is 17.9. The number of aromatic hydroxyl groups is 1. The Hall–Kier alpha value is -1.10. The quantitative estimate of drug-likeness (QED) is 0.820. The fourth-order valence-electron chi connectivity index (χ4n) is 2.64. The van der Waals surface area contributed by atoms with Gasteiger partial charge in [-0.3, -0.25) is 4.90 Å². The Balaban J connectivity index is 2.31. The second-order valence-electron chi connectivity index (χ2n) is 4.99. The van der Waals surface area contributed by atoms with Crippen LogP contribution < -0.4 is 5.32 Å². The van der Waals surface area contributed by atoms with Gasteiger partial charge in [-0.25, -0.2) is 4.39 Å². The Morgan fingerprint density at radius 3 is 2.80 bits per heavy atom. The third kappa shape index (κ3) is 3.51. The van der Waals surface area contributed by atoms with Crippen LogP contribution in [0.1, 0.15) is 24.4 Å². The molecule has 5 heteroatoms. The summed E-state index contributed by atoms with van der Waals surface area (Å²) in [6.07, 6.45) is 3.44. The molecule has 0 saturated carbocycles. The van der Waals surface area contributed by atoms with Crippen molar-refractivity contribution < 1.29 is 9.50 Å². The summed E-state index contributed by atoms with van der Waals surface area (Å²) in [4.78, 5) is 2.25. The molecule has 20 heavy (non-hydrogen) atoms. The van der Waals surface area contributed by atoms with Crippen LogP contribution in [-0.2, 0) is 0 Å². The van der Waals surface area contributed by atoms with E-state index in [1.165, 1.54) is 6.07 Å². The molecule has 2 rings (SSSR count). The van der Waals surface area contributed by atoms with E-state index in [1.807, 2.05) is 6.08 Å². The van der Waals surface area contributed by atoms with Crippen molar-refractivity contribution in [1.29, 1.82) is 0 Å². The number of nitrogens with one attached hydrogen (secondary N) is 1. The number of halogens is 2. The SMILES string of the molecule is C=CCC[C@@H](c1cc(F)cc(Cl)c1O)N1CCNCC1. The lowest BCUT2D eigenvalue weighted by atomic mass is 9.98. The molecule has 1 heterocycles. The van der Waals surface area contributed by atoms with Gasteiger partial charge in [-0.2, -0.15) is 0 Å². The van der Waals surface area contributed by atoms with Crippen LogP contribution >= 0.6 is 11.6 Å². The molecule has 0 aliphatic carbocycles. The summed E-state index contributed by atoms with van der Waals surface area (Å²) in [5, 5.41) is 13.5. The van der Waals surface area contributed by atoms with Gasteiger partial charge in [0.25, 0.3) is 0 Å². The minimum atomic E-state index is -0.415. The van der Waals surface area contributed by atoms with Crippen molar-refractivity contribution in [3.8, 4) is 5.75 Å². The number of hydrogen-bond acceptors (Lipinski definition) is 3. The molecule has 0 spiro atoms. The lowest BCUT2D eigenvalue weighted by molar-refractivity contribution is 0.163. The summed E-state index contributed by atoms with van der Waals surface area (Å²) in [7, 11) is 0. The highest BCUT2D eigenvalue weighted by Crippen LogP contribution is 2.37. The van der Waals surface area contributed by atoms with Crippen LogP contribution in [0.25, 0.3) is 0 Å². The zero-order chi connectivity index (χ0) is 14.5. The summed E-state index contributed by atoms with van der Waals surface area (Å²) >= 11 is 5.90. The first-order valence-corrected chi connectivity index (χ1v) is 7.25. The van der Waals surface area contributed by atoms with Crippen molar-refractivity contribution in [3.05, 3.63) is 41.2 Å². The number of rotatable bonds is 5. The van der Waals surface area contributed by atoms with Crippen molar-refractivity contribution in [3.63, 3.8) is 0 Å². The molecule has 1 atom stereocenters. The minimum Gasteiger partial charge on any atom is -0.506 e. The van der Waals surface area contributed by atoms with E-state index in [9.17, 15) is 9.50 Å². The van der Waals surface area contributed by atoms with Crippen molar-refractivity contribution in [1.82, 2.24) is 10.2 Å². The van der Waals surface area contributed by atoms with E-state index in [4.69, 9.17) is 11.6 Å². The molecule has 0 radical (unpaired) electrons. The van der Waals surface area contributed by atoms with Crippen LogP contribution in [0, 0.1) is 5.82 Å². The smallest absolute Gasteiger partial charge is 0.139 e. The van der Waals surface area contributed by atoms with Crippen LogP contribution in [0.2, 0.25) is 5.02 Å². The first-order valence-electron chi connectivity index (χ1n) is 6.87. The molecule has 0 unspecified atom stereocenters. The third-order valence-electron chi connectivity index (χ3n) is 3.65. The number of hydrogen-bond donors (Lipinski definition) is 2. The fourth-order valence-corrected chi connectivity index (χ4v) is 2.86. The highest BCUT2D eigenvalue weighted by Gasteiger charge is 2.25. The average Bonchev–Trinajstić information content (AvgIpc) is 2.45. The van der Waals surface area contributed by atoms with Crippen molar-refractivity contribution in [2.24, 2.45) is 0 Å². The van der Waals surface area contributed by atoms with Gasteiger partial charge in [0.05, 0.1) is 5.02 Å². The predicted octanol–water partition coefficient (Wildman–Crippen LogP) is 3.10. The van der Waals surface area contributed by atoms with Crippen molar-refractivity contribution in [2.75, 3.05) is 26.2 Å². The zero-order valence-corrected chi connectivity index (χ0v) is 12.2. The lowest BCUT2D eigenvalue weighted by Crippen LogP contribution is -2.45. The van der Waals surface area contributed by atoms with E-state index in [-0.39, 0.29) is 16.8 Å². The minimum absolute atomic E-state index is 0.0133. The van der Waals surface area contributed by atoms with Gasteiger partial charge in [0.15, 0.2) is 0 Å². The Bertz CT molecular complexity index is 475. The molecular weight excluding hydrogens is 279 g/mol. The van der Waals surface area contributed by atoms with Crippen molar-refractivity contribution >= 4 is 11.6 Å². The van der Waals surface area contributed by atoms with E-state index in [0.717, 1.165) is 45.1 Å². The number of phenols is 1. The van der Waals surface area contributed by atoms with Gasteiger partial charge in [-0.1, -0.05) is 17.7 Å². The Morgan fingerprint density at radius 2 is 2.15 bits per heavy atom. The number of phenolic OH excluding ortho intramolecular Hbond substituents is 1. The van der Waals surface area contributed by atoms with Gasteiger partial charge in [0.2, 0.25) is 0 Å².